The highest BCUT2D eigenvalue weighted by atomic mass is 19.1. The van der Waals surface area contributed by atoms with Crippen LogP contribution in [0, 0.1) is 17.6 Å². The number of anilines is 1. The van der Waals surface area contributed by atoms with Gasteiger partial charge in [0, 0.05) is 49.2 Å². The van der Waals surface area contributed by atoms with Gasteiger partial charge in [0.25, 0.3) is 5.91 Å². The minimum Gasteiger partial charge on any atom is -0.368 e. The van der Waals surface area contributed by atoms with Crippen molar-refractivity contribution in [3.05, 3.63) is 47.8 Å². The number of aromatic nitrogens is 1. The third-order valence-corrected chi connectivity index (χ3v) is 6.65. The summed E-state index contributed by atoms with van der Waals surface area (Å²) in [6.07, 6.45) is 7.33. The molecule has 166 valence electrons. The lowest BCUT2D eigenvalue weighted by Crippen LogP contribution is -2.42. The Morgan fingerprint density at radius 2 is 2.03 bits per heavy atom. The zero-order valence-corrected chi connectivity index (χ0v) is 18.2. The molecule has 1 amide bonds. The number of benzene rings is 1. The fourth-order valence-corrected chi connectivity index (χ4v) is 4.67. The Morgan fingerprint density at radius 1 is 1.26 bits per heavy atom. The largest absolute Gasteiger partial charge is 0.368 e. The summed E-state index contributed by atoms with van der Waals surface area (Å²) >= 11 is 0. The third kappa shape index (κ3) is 4.56. The van der Waals surface area contributed by atoms with Crippen LogP contribution in [0.1, 0.15) is 49.9 Å². The quantitative estimate of drug-likeness (QED) is 0.726. The molecule has 2 unspecified atom stereocenters. The molecule has 1 aromatic heterocycles. The Hall–Kier alpha value is -2.54. The van der Waals surface area contributed by atoms with Crippen molar-refractivity contribution in [2.24, 2.45) is 5.92 Å². The average molecular weight is 429 g/mol. The number of amides is 1. The van der Waals surface area contributed by atoms with E-state index >= 15 is 0 Å². The van der Waals surface area contributed by atoms with Crippen molar-refractivity contribution in [1.29, 1.82) is 0 Å². The fraction of sp³-hybridized carbons (Fsp3) is 0.500. The summed E-state index contributed by atoms with van der Waals surface area (Å²) in [6.45, 7) is 7.26. The molecule has 0 saturated carbocycles. The van der Waals surface area contributed by atoms with Crippen LogP contribution >= 0.6 is 0 Å². The molecule has 0 bridgehead atoms. The van der Waals surface area contributed by atoms with Crippen LogP contribution in [0.25, 0.3) is 11.1 Å². The summed E-state index contributed by atoms with van der Waals surface area (Å²) in [4.78, 5) is 19.6. The summed E-state index contributed by atoms with van der Waals surface area (Å²) in [5, 5.41) is 6.63. The SMILES string of the molecule is CCC(C)CNC(=O)c1cncc(-c2cc(F)cc(F)c2)c1N1CCC2(CCCN2)C1. The first-order valence-corrected chi connectivity index (χ1v) is 11.1. The van der Waals surface area contributed by atoms with Crippen molar-refractivity contribution in [2.45, 2.75) is 45.1 Å². The number of halogens is 2. The van der Waals surface area contributed by atoms with Gasteiger partial charge < -0.3 is 15.5 Å². The van der Waals surface area contributed by atoms with E-state index in [-0.39, 0.29) is 11.4 Å². The zero-order chi connectivity index (χ0) is 22.0. The van der Waals surface area contributed by atoms with Crippen molar-refractivity contribution in [2.75, 3.05) is 31.1 Å². The molecule has 2 aromatic rings. The Balaban J connectivity index is 1.75. The maximum atomic E-state index is 14.0. The molecule has 2 fully saturated rings. The van der Waals surface area contributed by atoms with Crippen molar-refractivity contribution < 1.29 is 13.6 Å². The summed E-state index contributed by atoms with van der Waals surface area (Å²) in [7, 11) is 0. The third-order valence-electron chi connectivity index (χ3n) is 6.65. The van der Waals surface area contributed by atoms with Gasteiger partial charge >= 0.3 is 0 Å². The van der Waals surface area contributed by atoms with E-state index in [1.807, 2.05) is 0 Å². The smallest absolute Gasteiger partial charge is 0.254 e. The fourth-order valence-electron chi connectivity index (χ4n) is 4.67. The first-order chi connectivity index (χ1) is 14.9. The van der Waals surface area contributed by atoms with Crippen LogP contribution in [0.3, 0.4) is 0 Å². The van der Waals surface area contributed by atoms with Gasteiger partial charge in [-0.3, -0.25) is 9.78 Å². The predicted molar refractivity (Wildman–Crippen MR) is 118 cm³/mol. The molecule has 2 aliphatic rings. The first kappa shape index (κ1) is 21.7. The normalized spacial score (nSPS) is 21.6. The molecule has 5 nitrogen and oxygen atoms in total. The second kappa shape index (κ2) is 8.91. The summed E-state index contributed by atoms with van der Waals surface area (Å²) < 4.78 is 28.0. The molecule has 2 N–H and O–H groups in total. The van der Waals surface area contributed by atoms with E-state index in [1.54, 1.807) is 12.4 Å². The lowest BCUT2D eigenvalue weighted by molar-refractivity contribution is 0.0948. The van der Waals surface area contributed by atoms with Crippen molar-refractivity contribution in [1.82, 2.24) is 15.6 Å². The standard InChI is InChI=1S/C24H30F2N4O/c1-3-16(2)12-28-23(31)21-14-27-13-20(17-9-18(25)11-19(26)10-17)22(21)30-8-6-24(15-30)5-4-7-29-24/h9-11,13-14,16,29H,3-8,12,15H2,1-2H3,(H,28,31). The number of nitrogens with one attached hydrogen (secondary N) is 2. The van der Waals surface area contributed by atoms with Crippen molar-refractivity contribution >= 4 is 11.6 Å². The van der Waals surface area contributed by atoms with Crippen LogP contribution in [0.4, 0.5) is 14.5 Å². The Bertz CT molecular complexity index is 938. The molecule has 4 rings (SSSR count). The van der Waals surface area contributed by atoms with Crippen LogP contribution in [0.5, 0.6) is 0 Å². The highest BCUT2D eigenvalue weighted by Gasteiger charge is 2.41. The van der Waals surface area contributed by atoms with Crippen molar-refractivity contribution in [3.63, 3.8) is 0 Å². The van der Waals surface area contributed by atoms with E-state index < -0.39 is 11.6 Å². The van der Waals surface area contributed by atoms with E-state index in [0.717, 1.165) is 51.4 Å². The molecule has 7 heteroatoms. The Morgan fingerprint density at radius 3 is 2.71 bits per heavy atom. The molecule has 2 saturated heterocycles. The highest BCUT2D eigenvalue weighted by Crippen LogP contribution is 2.39. The molecule has 2 aliphatic heterocycles. The van der Waals surface area contributed by atoms with Crippen LogP contribution in [0.15, 0.2) is 30.6 Å². The lowest BCUT2D eigenvalue weighted by Gasteiger charge is -2.28. The van der Waals surface area contributed by atoms with E-state index in [0.29, 0.717) is 34.8 Å². The summed E-state index contributed by atoms with van der Waals surface area (Å²) in [6, 6.07) is 3.45. The van der Waals surface area contributed by atoms with Crippen LogP contribution in [-0.4, -0.2) is 42.6 Å². The maximum absolute atomic E-state index is 14.0. The van der Waals surface area contributed by atoms with Gasteiger partial charge in [-0.15, -0.1) is 0 Å². The molecule has 1 spiro atoms. The van der Waals surface area contributed by atoms with Gasteiger partial charge in [-0.1, -0.05) is 20.3 Å². The molecular formula is C24H30F2N4O. The van der Waals surface area contributed by atoms with Gasteiger partial charge in [0.2, 0.25) is 0 Å². The molecular weight excluding hydrogens is 398 g/mol. The summed E-state index contributed by atoms with van der Waals surface area (Å²) in [5.74, 6) is -1.15. The van der Waals surface area contributed by atoms with Crippen LogP contribution in [0.2, 0.25) is 0 Å². The molecule has 0 radical (unpaired) electrons. The van der Waals surface area contributed by atoms with Gasteiger partial charge in [-0.2, -0.15) is 0 Å². The number of pyridine rings is 1. The molecule has 1 aromatic carbocycles. The monoisotopic (exact) mass is 428 g/mol. The predicted octanol–water partition coefficient (Wildman–Crippen LogP) is 4.14. The maximum Gasteiger partial charge on any atom is 0.254 e. The number of nitrogens with zero attached hydrogens (tertiary/aromatic N) is 2. The average Bonchev–Trinajstić information content (AvgIpc) is 3.40. The summed E-state index contributed by atoms with van der Waals surface area (Å²) in [5.41, 5.74) is 2.15. The zero-order valence-electron chi connectivity index (χ0n) is 18.2. The Kier molecular flexibility index (Phi) is 6.23. The highest BCUT2D eigenvalue weighted by molar-refractivity contribution is 6.03. The minimum atomic E-state index is -0.650. The lowest BCUT2D eigenvalue weighted by atomic mass is 9.96. The number of hydrogen-bond donors (Lipinski definition) is 2. The van der Waals surface area contributed by atoms with Crippen molar-refractivity contribution in [3.8, 4) is 11.1 Å². The second-order valence-corrected chi connectivity index (χ2v) is 8.95. The van der Waals surface area contributed by atoms with Crippen LogP contribution in [-0.2, 0) is 0 Å². The van der Waals surface area contributed by atoms with Crippen LogP contribution < -0.4 is 15.5 Å². The van der Waals surface area contributed by atoms with Gasteiger partial charge in [0.05, 0.1) is 11.3 Å². The minimum absolute atomic E-state index is 0.0399. The van der Waals surface area contributed by atoms with E-state index in [4.69, 9.17) is 0 Å². The number of carbonyl (C=O) groups excluding carboxylic acids is 1. The second-order valence-electron chi connectivity index (χ2n) is 8.95. The molecule has 2 atom stereocenters. The molecule has 3 heterocycles. The van der Waals surface area contributed by atoms with Gasteiger partial charge in [0.15, 0.2) is 0 Å². The number of hydrogen-bond acceptors (Lipinski definition) is 4. The number of rotatable bonds is 6. The van der Waals surface area contributed by atoms with Gasteiger partial charge in [0.1, 0.15) is 11.6 Å². The molecule has 0 aliphatic carbocycles. The topological polar surface area (TPSA) is 57.3 Å². The molecule has 31 heavy (non-hydrogen) atoms. The van der Waals surface area contributed by atoms with Gasteiger partial charge in [-0.05, 0) is 49.4 Å². The van der Waals surface area contributed by atoms with E-state index in [9.17, 15) is 13.6 Å². The van der Waals surface area contributed by atoms with E-state index in [1.165, 1.54) is 12.1 Å². The Labute approximate surface area is 182 Å². The first-order valence-electron chi connectivity index (χ1n) is 11.1. The van der Waals surface area contributed by atoms with Gasteiger partial charge in [-0.25, -0.2) is 8.78 Å². The number of carbonyl (C=O) groups is 1. The van der Waals surface area contributed by atoms with E-state index in [2.05, 4.69) is 34.4 Å².